The van der Waals surface area contributed by atoms with Crippen LogP contribution < -0.4 is 5.32 Å². The molecule has 2 heteroatoms. The van der Waals surface area contributed by atoms with Gasteiger partial charge in [0.05, 0.1) is 6.61 Å². The third-order valence-electron chi connectivity index (χ3n) is 3.48. The van der Waals surface area contributed by atoms with E-state index in [2.05, 4.69) is 50.4 Å². The summed E-state index contributed by atoms with van der Waals surface area (Å²) >= 11 is 0. The topological polar surface area (TPSA) is 21.3 Å². The highest BCUT2D eigenvalue weighted by Gasteiger charge is 2.12. The molecule has 1 unspecified atom stereocenters. The first-order valence-corrected chi connectivity index (χ1v) is 7.39. The molecule has 1 aromatic carbocycles. The Morgan fingerprint density at radius 3 is 2.63 bits per heavy atom. The van der Waals surface area contributed by atoms with Gasteiger partial charge in [-0.15, -0.1) is 0 Å². The van der Waals surface area contributed by atoms with Gasteiger partial charge in [0.1, 0.15) is 0 Å². The molecule has 19 heavy (non-hydrogen) atoms. The average molecular weight is 263 g/mol. The quantitative estimate of drug-likeness (QED) is 0.685. The van der Waals surface area contributed by atoms with Crippen LogP contribution in [0.3, 0.4) is 0 Å². The molecule has 1 rings (SSSR count). The first-order valence-electron chi connectivity index (χ1n) is 7.39. The highest BCUT2D eigenvalue weighted by molar-refractivity contribution is 5.25. The van der Waals surface area contributed by atoms with Crippen LogP contribution in [0.2, 0.25) is 0 Å². The number of hydrogen-bond acceptors (Lipinski definition) is 2. The molecular formula is C17H29NO. The third kappa shape index (κ3) is 6.74. The molecule has 1 N–H and O–H groups in total. The van der Waals surface area contributed by atoms with Crippen molar-refractivity contribution in [3.05, 3.63) is 35.4 Å². The van der Waals surface area contributed by atoms with Crippen molar-refractivity contribution in [1.82, 2.24) is 5.32 Å². The molecule has 0 aliphatic carbocycles. The minimum Gasteiger partial charge on any atom is -0.383 e. The van der Waals surface area contributed by atoms with Crippen LogP contribution in [0.1, 0.15) is 43.7 Å². The van der Waals surface area contributed by atoms with E-state index in [1.807, 2.05) is 0 Å². The van der Waals surface area contributed by atoms with E-state index in [0.29, 0.717) is 5.92 Å². The number of benzene rings is 1. The summed E-state index contributed by atoms with van der Waals surface area (Å²) in [5.74, 6) is 1.38. The van der Waals surface area contributed by atoms with Gasteiger partial charge in [0.15, 0.2) is 0 Å². The summed E-state index contributed by atoms with van der Waals surface area (Å²) in [5.41, 5.74) is 2.81. The van der Waals surface area contributed by atoms with E-state index in [0.717, 1.165) is 25.6 Å². The Kier molecular flexibility index (Phi) is 7.76. The maximum Gasteiger partial charge on any atom is 0.0587 e. The van der Waals surface area contributed by atoms with Crippen LogP contribution in [-0.4, -0.2) is 26.8 Å². The van der Waals surface area contributed by atoms with Crippen LogP contribution in [-0.2, 0) is 4.74 Å². The van der Waals surface area contributed by atoms with Gasteiger partial charge in [0.25, 0.3) is 0 Å². The Morgan fingerprint density at radius 2 is 2.00 bits per heavy atom. The number of ether oxygens (including phenoxy) is 1. The van der Waals surface area contributed by atoms with Gasteiger partial charge in [-0.3, -0.25) is 0 Å². The van der Waals surface area contributed by atoms with E-state index >= 15 is 0 Å². The van der Waals surface area contributed by atoms with E-state index < -0.39 is 0 Å². The van der Waals surface area contributed by atoms with Gasteiger partial charge in [-0.1, -0.05) is 50.1 Å². The summed E-state index contributed by atoms with van der Waals surface area (Å²) in [6.45, 7) is 9.52. The minimum absolute atomic E-state index is 0.610. The molecule has 0 heterocycles. The molecule has 108 valence electrons. The van der Waals surface area contributed by atoms with Crippen molar-refractivity contribution >= 4 is 0 Å². The maximum absolute atomic E-state index is 5.08. The van der Waals surface area contributed by atoms with E-state index in [1.54, 1.807) is 7.11 Å². The predicted octanol–water partition coefficient (Wildman–Crippen LogP) is 3.75. The highest BCUT2D eigenvalue weighted by Crippen LogP contribution is 2.23. The van der Waals surface area contributed by atoms with Crippen LogP contribution in [0.4, 0.5) is 0 Å². The Hall–Kier alpha value is -0.860. The van der Waals surface area contributed by atoms with Gasteiger partial charge in [-0.05, 0) is 30.7 Å². The molecule has 0 aliphatic rings. The van der Waals surface area contributed by atoms with Gasteiger partial charge < -0.3 is 10.1 Å². The fourth-order valence-corrected chi connectivity index (χ4v) is 2.30. The van der Waals surface area contributed by atoms with E-state index in [1.165, 1.54) is 24.0 Å². The molecule has 1 aromatic rings. The zero-order valence-corrected chi connectivity index (χ0v) is 12.9. The minimum atomic E-state index is 0.610. The molecule has 0 radical (unpaired) electrons. The maximum atomic E-state index is 5.08. The first kappa shape index (κ1) is 16.2. The normalized spacial score (nSPS) is 12.9. The Labute approximate surface area is 118 Å². The Balaban J connectivity index is 2.57. The number of rotatable bonds is 9. The molecule has 0 amide bonds. The first-order chi connectivity index (χ1) is 9.13. The third-order valence-corrected chi connectivity index (χ3v) is 3.48. The fourth-order valence-electron chi connectivity index (χ4n) is 2.30. The second-order valence-corrected chi connectivity index (χ2v) is 5.78. The molecular weight excluding hydrogens is 234 g/mol. The SMILES string of the molecule is COCCNCC(CCC(C)C)c1cccc(C)c1. The summed E-state index contributed by atoms with van der Waals surface area (Å²) in [7, 11) is 1.75. The van der Waals surface area contributed by atoms with Crippen LogP contribution in [0.5, 0.6) is 0 Å². The molecule has 0 bridgehead atoms. The van der Waals surface area contributed by atoms with Crippen molar-refractivity contribution in [1.29, 1.82) is 0 Å². The standard InChI is InChI=1S/C17H29NO/c1-14(2)8-9-17(13-18-10-11-19-4)16-7-5-6-15(3)12-16/h5-7,12,14,17-18H,8-11,13H2,1-4H3. The molecule has 0 fully saturated rings. The second kappa shape index (κ2) is 9.11. The van der Waals surface area contributed by atoms with Gasteiger partial charge in [-0.2, -0.15) is 0 Å². The molecule has 0 spiro atoms. The summed E-state index contributed by atoms with van der Waals surface area (Å²) < 4.78 is 5.08. The molecule has 0 aliphatic heterocycles. The van der Waals surface area contributed by atoms with Crippen LogP contribution in [0, 0.1) is 12.8 Å². The zero-order chi connectivity index (χ0) is 14.1. The molecule has 0 saturated carbocycles. The van der Waals surface area contributed by atoms with Crippen molar-refractivity contribution in [3.8, 4) is 0 Å². The summed E-state index contributed by atoms with van der Waals surface area (Å²) in [6, 6.07) is 8.92. The Bertz CT molecular complexity index is 349. The lowest BCUT2D eigenvalue weighted by Crippen LogP contribution is -2.25. The molecule has 0 saturated heterocycles. The highest BCUT2D eigenvalue weighted by atomic mass is 16.5. The summed E-state index contributed by atoms with van der Waals surface area (Å²) in [6.07, 6.45) is 2.53. The van der Waals surface area contributed by atoms with Crippen molar-refractivity contribution in [2.24, 2.45) is 5.92 Å². The molecule has 1 atom stereocenters. The van der Waals surface area contributed by atoms with Crippen molar-refractivity contribution in [2.45, 2.75) is 39.5 Å². The van der Waals surface area contributed by atoms with E-state index in [9.17, 15) is 0 Å². The smallest absolute Gasteiger partial charge is 0.0587 e. The van der Waals surface area contributed by atoms with Crippen LogP contribution >= 0.6 is 0 Å². The predicted molar refractivity (Wildman–Crippen MR) is 82.7 cm³/mol. The summed E-state index contributed by atoms with van der Waals surface area (Å²) in [5, 5.41) is 3.50. The molecule has 0 aromatic heterocycles. The lowest BCUT2D eigenvalue weighted by molar-refractivity contribution is 0.198. The van der Waals surface area contributed by atoms with Crippen molar-refractivity contribution in [2.75, 3.05) is 26.8 Å². The lowest BCUT2D eigenvalue weighted by Gasteiger charge is -2.19. The number of aryl methyl sites for hydroxylation is 1. The average Bonchev–Trinajstić information content (AvgIpc) is 2.37. The largest absolute Gasteiger partial charge is 0.383 e. The number of hydrogen-bond donors (Lipinski definition) is 1. The number of nitrogens with one attached hydrogen (secondary N) is 1. The van der Waals surface area contributed by atoms with Crippen molar-refractivity contribution < 1.29 is 4.74 Å². The molecule has 2 nitrogen and oxygen atoms in total. The van der Waals surface area contributed by atoms with Gasteiger partial charge in [0, 0.05) is 20.2 Å². The van der Waals surface area contributed by atoms with Gasteiger partial charge in [0.2, 0.25) is 0 Å². The van der Waals surface area contributed by atoms with Crippen molar-refractivity contribution in [3.63, 3.8) is 0 Å². The second-order valence-electron chi connectivity index (χ2n) is 5.78. The van der Waals surface area contributed by atoms with Gasteiger partial charge in [-0.25, -0.2) is 0 Å². The van der Waals surface area contributed by atoms with Crippen LogP contribution in [0.25, 0.3) is 0 Å². The van der Waals surface area contributed by atoms with E-state index in [-0.39, 0.29) is 0 Å². The fraction of sp³-hybridized carbons (Fsp3) is 0.647. The zero-order valence-electron chi connectivity index (χ0n) is 12.9. The lowest BCUT2D eigenvalue weighted by atomic mass is 9.90. The van der Waals surface area contributed by atoms with Crippen LogP contribution in [0.15, 0.2) is 24.3 Å². The monoisotopic (exact) mass is 263 g/mol. The van der Waals surface area contributed by atoms with E-state index in [4.69, 9.17) is 4.74 Å². The Morgan fingerprint density at radius 1 is 1.21 bits per heavy atom. The number of methoxy groups -OCH3 is 1. The van der Waals surface area contributed by atoms with Gasteiger partial charge >= 0.3 is 0 Å². The summed E-state index contributed by atoms with van der Waals surface area (Å²) in [4.78, 5) is 0.